The van der Waals surface area contributed by atoms with Crippen molar-refractivity contribution < 1.29 is 14.2 Å². The number of fused-ring (bicyclic) bond motifs is 3. The van der Waals surface area contributed by atoms with Gasteiger partial charge in [-0.1, -0.05) is 6.92 Å². The molecular formula is C12H21NO3. The molecule has 0 aromatic rings. The Kier molecular flexibility index (Phi) is 2.70. The van der Waals surface area contributed by atoms with Crippen molar-refractivity contribution in [1.82, 2.24) is 5.32 Å². The number of ether oxygens (including phenoxy) is 3. The number of rotatable bonds is 2. The molecule has 4 heteroatoms. The topological polar surface area (TPSA) is 39.7 Å². The molecule has 2 bridgehead atoms. The lowest BCUT2D eigenvalue weighted by molar-refractivity contribution is -0.470. The predicted octanol–water partition coefficient (Wildman–Crippen LogP) is 1.11. The SMILES string of the molecule is CC12COC(CC3CCCNC3)(OC1)OC2. The van der Waals surface area contributed by atoms with Gasteiger partial charge in [0.05, 0.1) is 19.8 Å². The van der Waals surface area contributed by atoms with Crippen LogP contribution in [0.2, 0.25) is 0 Å². The smallest absolute Gasteiger partial charge is 0.283 e. The first-order chi connectivity index (χ1) is 7.70. The highest BCUT2D eigenvalue weighted by molar-refractivity contribution is 4.86. The standard InChI is InChI=1S/C12H21NO3/c1-11-7-14-12(15-8-11,16-9-11)5-10-3-2-4-13-6-10/h10,13H,2-9H2,1H3. The molecule has 4 aliphatic rings. The molecule has 92 valence electrons. The van der Waals surface area contributed by atoms with Crippen molar-refractivity contribution in [2.24, 2.45) is 11.3 Å². The first kappa shape index (κ1) is 11.0. The van der Waals surface area contributed by atoms with E-state index in [1.165, 1.54) is 12.8 Å². The van der Waals surface area contributed by atoms with Crippen molar-refractivity contribution in [1.29, 1.82) is 0 Å². The third kappa shape index (κ3) is 1.99. The second kappa shape index (κ2) is 3.95. The Morgan fingerprint density at radius 3 is 2.44 bits per heavy atom. The van der Waals surface area contributed by atoms with Crippen LogP contribution in [-0.4, -0.2) is 38.9 Å². The average molecular weight is 227 g/mol. The van der Waals surface area contributed by atoms with E-state index in [1.807, 2.05) is 0 Å². The van der Waals surface area contributed by atoms with Crippen molar-refractivity contribution in [3.63, 3.8) is 0 Å². The van der Waals surface area contributed by atoms with Crippen LogP contribution in [0.25, 0.3) is 0 Å². The fourth-order valence-corrected chi connectivity index (χ4v) is 2.73. The summed E-state index contributed by atoms with van der Waals surface area (Å²) in [4.78, 5) is 0. The second-order valence-electron chi connectivity index (χ2n) is 5.78. The Morgan fingerprint density at radius 1 is 1.19 bits per heavy atom. The Hall–Kier alpha value is -0.160. The van der Waals surface area contributed by atoms with E-state index in [-0.39, 0.29) is 5.41 Å². The van der Waals surface area contributed by atoms with Crippen LogP contribution in [-0.2, 0) is 14.2 Å². The molecule has 4 nitrogen and oxygen atoms in total. The van der Waals surface area contributed by atoms with Crippen LogP contribution in [0.5, 0.6) is 0 Å². The monoisotopic (exact) mass is 227 g/mol. The molecule has 0 aromatic heterocycles. The van der Waals surface area contributed by atoms with E-state index >= 15 is 0 Å². The molecule has 0 aliphatic carbocycles. The molecule has 0 aromatic carbocycles. The van der Waals surface area contributed by atoms with E-state index in [9.17, 15) is 0 Å². The molecule has 4 heterocycles. The van der Waals surface area contributed by atoms with Crippen molar-refractivity contribution in [3.8, 4) is 0 Å². The molecule has 4 fully saturated rings. The Labute approximate surface area is 96.6 Å². The highest BCUT2D eigenvalue weighted by atomic mass is 16.9. The first-order valence-electron chi connectivity index (χ1n) is 6.32. The number of nitrogens with one attached hydrogen (secondary N) is 1. The zero-order chi connectivity index (χ0) is 11.1. The maximum absolute atomic E-state index is 5.80. The minimum absolute atomic E-state index is 0.0760. The fraction of sp³-hybridized carbons (Fsp3) is 1.00. The van der Waals surface area contributed by atoms with Gasteiger partial charge in [0.2, 0.25) is 0 Å². The van der Waals surface area contributed by atoms with Crippen LogP contribution in [0, 0.1) is 11.3 Å². The van der Waals surface area contributed by atoms with Crippen molar-refractivity contribution >= 4 is 0 Å². The Balaban J connectivity index is 1.61. The van der Waals surface area contributed by atoms with E-state index in [1.54, 1.807) is 0 Å². The summed E-state index contributed by atoms with van der Waals surface area (Å²) in [6.07, 6.45) is 3.37. The summed E-state index contributed by atoms with van der Waals surface area (Å²) >= 11 is 0. The fourth-order valence-electron chi connectivity index (χ4n) is 2.73. The molecule has 0 amide bonds. The third-order valence-electron chi connectivity index (χ3n) is 3.86. The molecular weight excluding hydrogens is 206 g/mol. The van der Waals surface area contributed by atoms with Gasteiger partial charge in [0, 0.05) is 11.8 Å². The Bertz CT molecular complexity index is 238. The molecule has 4 aliphatic heterocycles. The van der Waals surface area contributed by atoms with Gasteiger partial charge in [-0.25, -0.2) is 0 Å². The summed E-state index contributed by atoms with van der Waals surface area (Å²) in [6, 6.07) is 0. The van der Waals surface area contributed by atoms with Gasteiger partial charge in [-0.05, 0) is 31.8 Å². The highest BCUT2D eigenvalue weighted by Gasteiger charge is 2.51. The minimum Gasteiger partial charge on any atom is -0.327 e. The van der Waals surface area contributed by atoms with Gasteiger partial charge in [0.1, 0.15) is 0 Å². The molecule has 0 saturated carbocycles. The van der Waals surface area contributed by atoms with Gasteiger partial charge in [-0.15, -0.1) is 0 Å². The normalized spacial score (nSPS) is 48.2. The van der Waals surface area contributed by atoms with Crippen molar-refractivity contribution in [3.05, 3.63) is 0 Å². The first-order valence-corrected chi connectivity index (χ1v) is 6.32. The van der Waals surface area contributed by atoms with Crippen LogP contribution in [0.15, 0.2) is 0 Å². The van der Waals surface area contributed by atoms with E-state index < -0.39 is 5.97 Å². The average Bonchev–Trinajstić information content (AvgIpc) is 2.33. The number of piperidine rings is 1. The Morgan fingerprint density at radius 2 is 1.88 bits per heavy atom. The largest absolute Gasteiger partial charge is 0.327 e. The summed E-state index contributed by atoms with van der Waals surface area (Å²) in [5, 5.41) is 3.42. The van der Waals surface area contributed by atoms with E-state index in [0.29, 0.717) is 5.92 Å². The van der Waals surface area contributed by atoms with Gasteiger partial charge >= 0.3 is 0 Å². The zero-order valence-electron chi connectivity index (χ0n) is 9.96. The van der Waals surface area contributed by atoms with Gasteiger partial charge in [0.15, 0.2) is 0 Å². The minimum atomic E-state index is -0.721. The van der Waals surface area contributed by atoms with E-state index in [2.05, 4.69) is 12.2 Å². The highest BCUT2D eigenvalue weighted by Crippen LogP contribution is 2.41. The molecule has 4 saturated heterocycles. The quantitative estimate of drug-likeness (QED) is 0.767. The van der Waals surface area contributed by atoms with Crippen LogP contribution in [0.4, 0.5) is 0 Å². The van der Waals surface area contributed by atoms with Crippen LogP contribution < -0.4 is 5.32 Å². The van der Waals surface area contributed by atoms with Crippen LogP contribution >= 0.6 is 0 Å². The van der Waals surface area contributed by atoms with Gasteiger partial charge in [-0.2, -0.15) is 0 Å². The summed E-state index contributed by atoms with van der Waals surface area (Å²) in [5.74, 6) is -0.0993. The van der Waals surface area contributed by atoms with Gasteiger partial charge in [-0.3, -0.25) is 0 Å². The van der Waals surface area contributed by atoms with Crippen LogP contribution in [0.3, 0.4) is 0 Å². The summed E-state index contributed by atoms with van der Waals surface area (Å²) in [7, 11) is 0. The molecule has 1 unspecified atom stereocenters. The summed E-state index contributed by atoms with van der Waals surface area (Å²) < 4.78 is 17.4. The summed E-state index contributed by atoms with van der Waals surface area (Å²) in [6.45, 7) is 6.67. The van der Waals surface area contributed by atoms with Crippen LogP contribution in [0.1, 0.15) is 26.2 Å². The predicted molar refractivity (Wildman–Crippen MR) is 58.9 cm³/mol. The zero-order valence-corrected chi connectivity index (χ0v) is 9.96. The number of hydrogen-bond acceptors (Lipinski definition) is 4. The van der Waals surface area contributed by atoms with Gasteiger partial charge in [0.25, 0.3) is 5.97 Å². The maximum atomic E-state index is 5.80. The molecule has 0 radical (unpaired) electrons. The van der Waals surface area contributed by atoms with Gasteiger partial charge < -0.3 is 19.5 Å². The molecule has 4 rings (SSSR count). The second-order valence-corrected chi connectivity index (χ2v) is 5.78. The third-order valence-corrected chi connectivity index (χ3v) is 3.86. The van der Waals surface area contributed by atoms with Crippen molar-refractivity contribution in [2.75, 3.05) is 32.9 Å². The maximum Gasteiger partial charge on any atom is 0.283 e. The lowest BCUT2D eigenvalue weighted by atomic mass is 9.89. The summed E-state index contributed by atoms with van der Waals surface area (Å²) in [5.41, 5.74) is 0.0760. The number of hydrogen-bond donors (Lipinski definition) is 1. The molecule has 1 N–H and O–H groups in total. The van der Waals surface area contributed by atoms with E-state index in [0.717, 1.165) is 39.3 Å². The molecule has 16 heavy (non-hydrogen) atoms. The molecule has 1 atom stereocenters. The van der Waals surface area contributed by atoms with Crippen molar-refractivity contribution in [2.45, 2.75) is 32.2 Å². The van der Waals surface area contributed by atoms with E-state index in [4.69, 9.17) is 14.2 Å². The lowest BCUT2D eigenvalue weighted by Crippen LogP contribution is -2.59. The lowest BCUT2D eigenvalue weighted by Gasteiger charge is -2.51. The molecule has 0 spiro atoms.